The number of likely N-dealkylation sites (N-methyl/N-ethyl adjacent to an activating group) is 1. The van der Waals surface area contributed by atoms with E-state index in [1.807, 2.05) is 23.9 Å². The van der Waals surface area contributed by atoms with Gasteiger partial charge in [-0.15, -0.1) is 0 Å². The summed E-state index contributed by atoms with van der Waals surface area (Å²) in [6, 6.07) is 8.30. The minimum absolute atomic E-state index is 0.195. The normalized spacial score (nSPS) is 13.1. The summed E-state index contributed by atoms with van der Waals surface area (Å²) in [6.07, 6.45) is 0.195. The van der Waals surface area contributed by atoms with E-state index in [4.69, 9.17) is 4.74 Å². The van der Waals surface area contributed by atoms with Crippen LogP contribution in [0.1, 0.15) is 19.5 Å². The number of ether oxygens (including phenoxy) is 1. The van der Waals surface area contributed by atoms with Gasteiger partial charge in [0.25, 0.3) is 0 Å². The van der Waals surface area contributed by atoms with Crippen LogP contribution < -0.4 is 5.32 Å². The molecule has 0 saturated carbocycles. The summed E-state index contributed by atoms with van der Waals surface area (Å²) < 4.78 is 7.82. The van der Waals surface area contributed by atoms with Gasteiger partial charge in [0.05, 0.1) is 23.9 Å². The quantitative estimate of drug-likeness (QED) is 0.850. The monoisotopic (exact) mass is 247 g/mol. The number of aromatic nitrogens is 2. The van der Waals surface area contributed by atoms with E-state index >= 15 is 0 Å². The Morgan fingerprint density at radius 2 is 2.17 bits per heavy atom. The number of aryl methyl sites for hydroxylation is 1. The largest absolute Gasteiger partial charge is 0.371 e. The van der Waals surface area contributed by atoms with Crippen LogP contribution in [0.5, 0.6) is 0 Å². The van der Waals surface area contributed by atoms with E-state index in [0.29, 0.717) is 6.61 Å². The maximum atomic E-state index is 5.80. The third kappa shape index (κ3) is 2.71. The van der Waals surface area contributed by atoms with Crippen LogP contribution in [0.2, 0.25) is 0 Å². The summed E-state index contributed by atoms with van der Waals surface area (Å²) in [5.74, 6) is 0. The van der Waals surface area contributed by atoms with Crippen molar-refractivity contribution < 1.29 is 4.74 Å². The molecule has 0 bridgehead atoms. The first-order valence-corrected chi connectivity index (χ1v) is 6.46. The van der Waals surface area contributed by atoms with E-state index < -0.39 is 0 Å². The molecule has 0 saturated heterocycles. The fourth-order valence-corrected chi connectivity index (χ4v) is 2.11. The molecule has 1 aromatic carbocycles. The van der Waals surface area contributed by atoms with Gasteiger partial charge >= 0.3 is 0 Å². The summed E-state index contributed by atoms with van der Waals surface area (Å²) in [5, 5.41) is 8.91. The Morgan fingerprint density at radius 1 is 1.39 bits per heavy atom. The highest BCUT2D eigenvalue weighted by Gasteiger charge is 2.10. The second kappa shape index (κ2) is 5.98. The van der Waals surface area contributed by atoms with Crippen molar-refractivity contribution in [2.75, 3.05) is 13.6 Å². The van der Waals surface area contributed by atoms with Crippen molar-refractivity contribution in [3.8, 4) is 0 Å². The van der Waals surface area contributed by atoms with E-state index in [9.17, 15) is 0 Å². The zero-order valence-electron chi connectivity index (χ0n) is 11.3. The minimum atomic E-state index is 0.195. The number of hydrogen-bond acceptors (Lipinski definition) is 3. The second-order valence-corrected chi connectivity index (χ2v) is 4.46. The molecular formula is C14H21N3O. The van der Waals surface area contributed by atoms with Gasteiger partial charge in [0.15, 0.2) is 0 Å². The van der Waals surface area contributed by atoms with Crippen molar-refractivity contribution in [2.45, 2.75) is 33.1 Å². The summed E-state index contributed by atoms with van der Waals surface area (Å²) in [7, 11) is 1.93. The van der Waals surface area contributed by atoms with E-state index in [1.54, 1.807) is 0 Å². The average Bonchev–Trinajstić information content (AvgIpc) is 2.75. The number of benzene rings is 1. The molecule has 0 fully saturated rings. The molecule has 1 unspecified atom stereocenters. The third-order valence-corrected chi connectivity index (χ3v) is 3.03. The van der Waals surface area contributed by atoms with Gasteiger partial charge in [0.2, 0.25) is 0 Å². The number of para-hydroxylation sites is 1. The van der Waals surface area contributed by atoms with Crippen molar-refractivity contribution in [2.24, 2.45) is 0 Å². The van der Waals surface area contributed by atoms with Gasteiger partial charge < -0.3 is 10.1 Å². The zero-order valence-corrected chi connectivity index (χ0v) is 11.3. The number of rotatable bonds is 6. The second-order valence-electron chi connectivity index (χ2n) is 4.46. The van der Waals surface area contributed by atoms with E-state index in [2.05, 4.69) is 36.4 Å². The molecule has 4 heteroatoms. The molecule has 1 N–H and O–H groups in total. The Hall–Kier alpha value is -1.39. The lowest BCUT2D eigenvalue weighted by Gasteiger charge is -2.11. The third-order valence-electron chi connectivity index (χ3n) is 3.03. The number of fused-ring (bicyclic) bond motifs is 1. The molecular weight excluding hydrogens is 226 g/mol. The summed E-state index contributed by atoms with van der Waals surface area (Å²) in [6.45, 7) is 6.47. The predicted octanol–water partition coefficient (Wildman–Crippen LogP) is 2.18. The lowest BCUT2D eigenvalue weighted by molar-refractivity contribution is 0.0528. The topological polar surface area (TPSA) is 39.1 Å². The Morgan fingerprint density at radius 3 is 2.89 bits per heavy atom. The number of hydrogen-bond donors (Lipinski definition) is 1. The zero-order chi connectivity index (χ0) is 13.0. The minimum Gasteiger partial charge on any atom is -0.371 e. The van der Waals surface area contributed by atoms with Crippen molar-refractivity contribution in [1.82, 2.24) is 15.1 Å². The standard InChI is InChI=1S/C14H21N3O/c1-4-17-14-8-6-5-7-12(14)13(16-17)10-18-11(2)9-15-3/h5-8,11,15H,4,9-10H2,1-3H3. The molecule has 0 aliphatic carbocycles. The van der Waals surface area contributed by atoms with Crippen molar-refractivity contribution in [3.05, 3.63) is 30.0 Å². The molecule has 98 valence electrons. The first-order valence-electron chi connectivity index (χ1n) is 6.46. The molecule has 1 heterocycles. The van der Waals surface area contributed by atoms with Gasteiger partial charge in [0.1, 0.15) is 0 Å². The molecule has 0 aliphatic heterocycles. The van der Waals surface area contributed by atoms with Gasteiger partial charge in [-0.2, -0.15) is 5.10 Å². The highest BCUT2D eigenvalue weighted by molar-refractivity contribution is 5.81. The van der Waals surface area contributed by atoms with Gasteiger partial charge in [0, 0.05) is 18.5 Å². The molecule has 0 amide bonds. The average molecular weight is 247 g/mol. The van der Waals surface area contributed by atoms with Crippen molar-refractivity contribution in [1.29, 1.82) is 0 Å². The van der Waals surface area contributed by atoms with Gasteiger partial charge in [-0.05, 0) is 27.0 Å². The first kappa shape index (κ1) is 13.1. The molecule has 0 spiro atoms. The Bertz CT molecular complexity index is 507. The molecule has 0 radical (unpaired) electrons. The predicted molar refractivity (Wildman–Crippen MR) is 73.6 cm³/mol. The van der Waals surface area contributed by atoms with Crippen LogP contribution in [0.4, 0.5) is 0 Å². The SMILES string of the molecule is CCn1nc(COC(C)CNC)c2ccccc21. The summed E-state index contributed by atoms with van der Waals surface area (Å²) in [4.78, 5) is 0. The van der Waals surface area contributed by atoms with E-state index in [0.717, 1.165) is 18.8 Å². The lowest BCUT2D eigenvalue weighted by Crippen LogP contribution is -2.23. The van der Waals surface area contributed by atoms with E-state index in [1.165, 1.54) is 10.9 Å². The molecule has 2 aromatic rings. The summed E-state index contributed by atoms with van der Waals surface area (Å²) >= 11 is 0. The molecule has 2 rings (SSSR count). The van der Waals surface area contributed by atoms with E-state index in [-0.39, 0.29) is 6.10 Å². The van der Waals surface area contributed by atoms with Gasteiger partial charge in [-0.25, -0.2) is 0 Å². The Kier molecular flexibility index (Phi) is 4.33. The molecule has 1 aromatic heterocycles. The lowest BCUT2D eigenvalue weighted by atomic mass is 10.2. The number of nitrogens with one attached hydrogen (secondary N) is 1. The van der Waals surface area contributed by atoms with Crippen LogP contribution in [0.25, 0.3) is 10.9 Å². The Balaban J connectivity index is 2.18. The molecule has 1 atom stereocenters. The van der Waals surface area contributed by atoms with Crippen LogP contribution in [0, 0.1) is 0 Å². The maximum Gasteiger partial charge on any atom is 0.0960 e. The van der Waals surface area contributed by atoms with Crippen LogP contribution in [0.3, 0.4) is 0 Å². The van der Waals surface area contributed by atoms with Crippen LogP contribution in [-0.4, -0.2) is 29.5 Å². The highest BCUT2D eigenvalue weighted by Crippen LogP contribution is 2.19. The Labute approximate surface area is 108 Å². The maximum absolute atomic E-state index is 5.80. The smallest absolute Gasteiger partial charge is 0.0960 e. The first-order chi connectivity index (χ1) is 8.76. The van der Waals surface area contributed by atoms with Crippen molar-refractivity contribution in [3.63, 3.8) is 0 Å². The fraction of sp³-hybridized carbons (Fsp3) is 0.500. The number of nitrogens with zero attached hydrogens (tertiary/aromatic N) is 2. The van der Waals surface area contributed by atoms with Crippen LogP contribution in [0.15, 0.2) is 24.3 Å². The molecule has 0 aliphatic rings. The van der Waals surface area contributed by atoms with Gasteiger partial charge in [-0.3, -0.25) is 4.68 Å². The molecule has 18 heavy (non-hydrogen) atoms. The summed E-state index contributed by atoms with van der Waals surface area (Å²) in [5.41, 5.74) is 2.20. The van der Waals surface area contributed by atoms with Gasteiger partial charge in [-0.1, -0.05) is 18.2 Å². The highest BCUT2D eigenvalue weighted by atomic mass is 16.5. The van der Waals surface area contributed by atoms with Crippen LogP contribution >= 0.6 is 0 Å². The fourth-order valence-electron chi connectivity index (χ4n) is 2.11. The van der Waals surface area contributed by atoms with Crippen LogP contribution in [-0.2, 0) is 17.9 Å². The molecule has 4 nitrogen and oxygen atoms in total. The van der Waals surface area contributed by atoms with Crippen molar-refractivity contribution >= 4 is 10.9 Å².